The third-order valence-corrected chi connectivity index (χ3v) is 6.72. The number of amides is 4. The highest BCUT2D eigenvalue weighted by Gasteiger charge is 2.49. The van der Waals surface area contributed by atoms with Crippen molar-refractivity contribution < 1.29 is 19.1 Å². The van der Waals surface area contributed by atoms with Gasteiger partial charge in [-0.05, 0) is 48.6 Å². The van der Waals surface area contributed by atoms with Crippen molar-refractivity contribution in [2.45, 2.75) is 25.4 Å². The van der Waals surface area contributed by atoms with Crippen LogP contribution < -0.4 is 15.4 Å². The monoisotopic (exact) mass is 463 g/mol. The second-order valence-corrected chi connectivity index (χ2v) is 9.08. The molecule has 2 aromatic carbocycles. The molecule has 2 unspecified atom stereocenters. The SMILES string of the molecule is COc1ccc(C2(C)NC(=O)N(CC(=O)NC(c3ccc(C)cc3)c3cccs3)C2=O)cc1. The Hall–Kier alpha value is -3.65. The summed E-state index contributed by atoms with van der Waals surface area (Å²) in [6.45, 7) is 3.26. The highest BCUT2D eigenvalue weighted by atomic mass is 32.1. The van der Waals surface area contributed by atoms with Gasteiger partial charge in [-0.2, -0.15) is 0 Å². The Morgan fingerprint density at radius 2 is 1.82 bits per heavy atom. The summed E-state index contributed by atoms with van der Waals surface area (Å²) in [6, 6.07) is 17.7. The minimum Gasteiger partial charge on any atom is -0.497 e. The van der Waals surface area contributed by atoms with E-state index >= 15 is 0 Å². The molecule has 4 amide bonds. The van der Waals surface area contributed by atoms with E-state index in [4.69, 9.17) is 4.74 Å². The summed E-state index contributed by atoms with van der Waals surface area (Å²) in [5.41, 5.74) is 1.40. The van der Waals surface area contributed by atoms with E-state index in [-0.39, 0.29) is 12.6 Å². The van der Waals surface area contributed by atoms with Gasteiger partial charge in [-0.1, -0.05) is 48.0 Å². The van der Waals surface area contributed by atoms with Gasteiger partial charge in [0, 0.05) is 4.88 Å². The largest absolute Gasteiger partial charge is 0.497 e. The van der Waals surface area contributed by atoms with Gasteiger partial charge in [0.05, 0.1) is 13.2 Å². The van der Waals surface area contributed by atoms with E-state index in [1.165, 1.54) is 11.3 Å². The summed E-state index contributed by atoms with van der Waals surface area (Å²) in [7, 11) is 1.56. The minimum atomic E-state index is -1.26. The summed E-state index contributed by atoms with van der Waals surface area (Å²) < 4.78 is 5.16. The second-order valence-electron chi connectivity index (χ2n) is 8.10. The third kappa shape index (κ3) is 4.47. The Balaban J connectivity index is 1.51. The van der Waals surface area contributed by atoms with E-state index in [9.17, 15) is 14.4 Å². The van der Waals surface area contributed by atoms with E-state index in [0.717, 1.165) is 20.9 Å². The predicted octanol–water partition coefficient (Wildman–Crippen LogP) is 3.74. The van der Waals surface area contributed by atoms with Gasteiger partial charge < -0.3 is 15.4 Å². The van der Waals surface area contributed by atoms with Crippen LogP contribution in [0.1, 0.15) is 34.5 Å². The maximum absolute atomic E-state index is 13.2. The predicted molar refractivity (Wildman–Crippen MR) is 126 cm³/mol. The molecule has 8 heteroatoms. The molecule has 2 atom stereocenters. The molecule has 0 spiro atoms. The Labute approximate surface area is 196 Å². The van der Waals surface area contributed by atoms with E-state index in [2.05, 4.69) is 10.6 Å². The summed E-state index contributed by atoms with van der Waals surface area (Å²) in [6.07, 6.45) is 0. The summed E-state index contributed by atoms with van der Waals surface area (Å²) >= 11 is 1.53. The minimum absolute atomic E-state index is 0.369. The van der Waals surface area contributed by atoms with E-state index in [1.807, 2.05) is 48.7 Å². The van der Waals surface area contributed by atoms with Crippen molar-refractivity contribution in [3.63, 3.8) is 0 Å². The molecule has 7 nitrogen and oxygen atoms in total. The molecule has 1 fully saturated rings. The second kappa shape index (κ2) is 9.07. The first-order chi connectivity index (χ1) is 15.8. The molecule has 1 aliphatic heterocycles. The van der Waals surface area contributed by atoms with Crippen LogP contribution in [0.25, 0.3) is 0 Å². The standard InChI is InChI=1S/C25H25N3O4S/c1-16-6-8-17(9-7-16)22(20-5-4-14-33-20)26-21(29)15-28-23(30)25(2,27-24(28)31)18-10-12-19(32-3)13-11-18/h4-14,22H,15H2,1-3H3,(H,26,29)(H,27,31). The van der Waals surface area contributed by atoms with E-state index < -0.39 is 23.4 Å². The average Bonchev–Trinajstić information content (AvgIpc) is 3.42. The zero-order valence-electron chi connectivity index (χ0n) is 18.6. The van der Waals surface area contributed by atoms with Crippen LogP contribution in [-0.2, 0) is 15.1 Å². The fraction of sp³-hybridized carbons (Fsp3) is 0.240. The maximum Gasteiger partial charge on any atom is 0.325 e. The van der Waals surface area contributed by atoms with Gasteiger partial charge >= 0.3 is 6.03 Å². The van der Waals surface area contributed by atoms with Crippen LogP contribution in [0.15, 0.2) is 66.0 Å². The van der Waals surface area contributed by atoms with Gasteiger partial charge in [0.15, 0.2) is 0 Å². The molecular weight excluding hydrogens is 438 g/mol. The molecule has 1 aromatic heterocycles. The fourth-order valence-corrected chi connectivity index (χ4v) is 4.65. The number of aryl methyl sites for hydroxylation is 1. The third-order valence-electron chi connectivity index (χ3n) is 5.79. The van der Waals surface area contributed by atoms with Gasteiger partial charge in [0.2, 0.25) is 5.91 Å². The number of urea groups is 1. The molecule has 1 saturated heterocycles. The number of thiophene rings is 1. The lowest BCUT2D eigenvalue weighted by Gasteiger charge is -2.23. The summed E-state index contributed by atoms with van der Waals surface area (Å²) in [4.78, 5) is 40.7. The Morgan fingerprint density at radius 3 is 2.42 bits per heavy atom. The molecule has 3 aromatic rings. The van der Waals surface area contributed by atoms with E-state index in [0.29, 0.717) is 11.3 Å². The van der Waals surface area contributed by atoms with Crippen molar-refractivity contribution in [2.75, 3.05) is 13.7 Å². The highest BCUT2D eigenvalue weighted by molar-refractivity contribution is 7.10. The van der Waals surface area contributed by atoms with Crippen LogP contribution in [-0.4, -0.2) is 36.4 Å². The van der Waals surface area contributed by atoms with Gasteiger partial charge in [0.25, 0.3) is 5.91 Å². The number of hydrogen-bond acceptors (Lipinski definition) is 5. The fourth-order valence-electron chi connectivity index (χ4n) is 3.84. The van der Waals surface area contributed by atoms with Gasteiger partial charge in [0.1, 0.15) is 17.8 Å². The topological polar surface area (TPSA) is 87.7 Å². The van der Waals surface area contributed by atoms with Crippen molar-refractivity contribution in [3.8, 4) is 5.75 Å². The number of carbonyl (C=O) groups excluding carboxylic acids is 3. The van der Waals surface area contributed by atoms with Crippen molar-refractivity contribution >= 4 is 29.2 Å². The first-order valence-corrected chi connectivity index (χ1v) is 11.4. The van der Waals surface area contributed by atoms with Gasteiger partial charge in [-0.15, -0.1) is 11.3 Å². The number of nitrogens with zero attached hydrogens (tertiary/aromatic N) is 1. The Morgan fingerprint density at radius 1 is 1.12 bits per heavy atom. The van der Waals surface area contributed by atoms with Crippen molar-refractivity contribution in [1.29, 1.82) is 0 Å². The molecule has 170 valence electrons. The quantitative estimate of drug-likeness (QED) is 0.523. The highest BCUT2D eigenvalue weighted by Crippen LogP contribution is 2.30. The molecule has 33 heavy (non-hydrogen) atoms. The lowest BCUT2D eigenvalue weighted by atomic mass is 9.92. The van der Waals surface area contributed by atoms with Crippen LogP contribution in [0.4, 0.5) is 4.79 Å². The summed E-state index contributed by atoms with van der Waals surface area (Å²) in [5, 5.41) is 7.66. The molecular formula is C25H25N3O4S. The van der Waals surface area contributed by atoms with E-state index in [1.54, 1.807) is 38.3 Å². The van der Waals surface area contributed by atoms with Crippen LogP contribution in [0, 0.1) is 6.92 Å². The van der Waals surface area contributed by atoms with Crippen LogP contribution in [0.2, 0.25) is 0 Å². The normalized spacial score (nSPS) is 18.7. The number of benzene rings is 2. The number of carbonyl (C=O) groups is 3. The molecule has 0 bridgehead atoms. The van der Waals surface area contributed by atoms with Crippen molar-refractivity contribution in [2.24, 2.45) is 0 Å². The molecule has 0 aliphatic carbocycles. The number of methoxy groups -OCH3 is 1. The Bertz CT molecular complexity index is 1160. The Kier molecular flexibility index (Phi) is 6.20. The smallest absolute Gasteiger partial charge is 0.325 e. The van der Waals surface area contributed by atoms with Gasteiger partial charge in [-0.25, -0.2) is 4.79 Å². The number of hydrogen-bond donors (Lipinski definition) is 2. The van der Waals surface area contributed by atoms with Crippen LogP contribution in [0.3, 0.4) is 0 Å². The summed E-state index contributed by atoms with van der Waals surface area (Å²) in [5.74, 6) is -0.252. The average molecular weight is 464 g/mol. The maximum atomic E-state index is 13.2. The van der Waals surface area contributed by atoms with Crippen LogP contribution in [0.5, 0.6) is 5.75 Å². The first kappa shape index (κ1) is 22.5. The molecule has 0 saturated carbocycles. The number of nitrogens with one attached hydrogen (secondary N) is 2. The number of rotatable bonds is 7. The molecule has 1 aliphatic rings. The van der Waals surface area contributed by atoms with Crippen LogP contribution >= 0.6 is 11.3 Å². The molecule has 0 radical (unpaired) electrons. The molecule has 2 heterocycles. The number of imide groups is 1. The lowest BCUT2D eigenvalue weighted by Crippen LogP contribution is -2.44. The van der Waals surface area contributed by atoms with Crippen molar-refractivity contribution in [3.05, 3.63) is 87.6 Å². The van der Waals surface area contributed by atoms with Gasteiger partial charge in [-0.3, -0.25) is 14.5 Å². The first-order valence-electron chi connectivity index (χ1n) is 10.5. The van der Waals surface area contributed by atoms with Crippen molar-refractivity contribution in [1.82, 2.24) is 15.5 Å². The lowest BCUT2D eigenvalue weighted by molar-refractivity contribution is -0.135. The number of ether oxygens (including phenoxy) is 1. The zero-order chi connectivity index (χ0) is 23.6. The molecule has 2 N–H and O–H groups in total. The zero-order valence-corrected chi connectivity index (χ0v) is 19.4. The molecule has 4 rings (SSSR count).